The number of benzene rings is 1. The van der Waals surface area contributed by atoms with Crippen molar-refractivity contribution in [2.75, 3.05) is 0 Å². The van der Waals surface area contributed by atoms with E-state index >= 15 is 0 Å². The van der Waals surface area contributed by atoms with Crippen LogP contribution in [0.4, 0.5) is 0 Å². The molecular weight excluding hydrogens is 228 g/mol. The van der Waals surface area contributed by atoms with E-state index in [1.165, 1.54) is 0 Å². The quantitative estimate of drug-likeness (QED) is 0.882. The van der Waals surface area contributed by atoms with Crippen molar-refractivity contribution >= 4 is 17.0 Å². The number of hydrogen-bond donors (Lipinski definition) is 1. The van der Waals surface area contributed by atoms with Crippen LogP contribution in [0, 0.1) is 6.92 Å². The fourth-order valence-corrected chi connectivity index (χ4v) is 2.90. The average Bonchev–Trinajstić information content (AvgIpc) is 2.53. The number of imidazole rings is 1. The monoisotopic (exact) mass is 244 g/mol. The lowest BCUT2D eigenvalue weighted by Crippen LogP contribution is -2.42. The standard InChI is InChI=1S/C14H16N2O2/c1-9-15-11-6-3-5-10(12(11)16(9)2)14(13(17)18)7-4-8-14/h3,5-6H,4,7-8H2,1-2H3,(H,17,18). The van der Waals surface area contributed by atoms with Crippen molar-refractivity contribution < 1.29 is 9.90 Å². The molecule has 18 heavy (non-hydrogen) atoms. The molecule has 1 saturated carbocycles. The molecule has 4 nitrogen and oxygen atoms in total. The summed E-state index contributed by atoms with van der Waals surface area (Å²) in [4.78, 5) is 16.1. The van der Waals surface area contributed by atoms with Gasteiger partial charge in [-0.05, 0) is 31.4 Å². The van der Waals surface area contributed by atoms with Gasteiger partial charge in [-0.15, -0.1) is 0 Å². The number of rotatable bonds is 2. The Bertz CT molecular complexity index is 639. The molecule has 0 aliphatic heterocycles. The summed E-state index contributed by atoms with van der Waals surface area (Å²) in [6, 6.07) is 5.80. The van der Waals surface area contributed by atoms with E-state index in [-0.39, 0.29) is 0 Å². The van der Waals surface area contributed by atoms with E-state index in [2.05, 4.69) is 4.98 Å². The van der Waals surface area contributed by atoms with Gasteiger partial charge >= 0.3 is 5.97 Å². The number of nitrogens with zero attached hydrogens (tertiary/aromatic N) is 2. The number of aromatic nitrogens is 2. The molecule has 0 bridgehead atoms. The van der Waals surface area contributed by atoms with E-state index in [1.807, 2.05) is 36.7 Å². The topological polar surface area (TPSA) is 55.1 Å². The zero-order chi connectivity index (χ0) is 12.9. The Balaban J connectivity index is 2.32. The second-order valence-electron chi connectivity index (χ2n) is 5.13. The van der Waals surface area contributed by atoms with Gasteiger partial charge in [-0.1, -0.05) is 18.6 Å². The molecule has 1 fully saturated rings. The molecule has 0 unspecified atom stereocenters. The summed E-state index contributed by atoms with van der Waals surface area (Å²) in [5.74, 6) is 0.206. The number of aliphatic carboxylic acids is 1. The van der Waals surface area contributed by atoms with Crippen LogP contribution in [0.2, 0.25) is 0 Å². The summed E-state index contributed by atoms with van der Waals surface area (Å²) >= 11 is 0. The maximum absolute atomic E-state index is 11.6. The second-order valence-corrected chi connectivity index (χ2v) is 5.13. The van der Waals surface area contributed by atoms with Gasteiger partial charge in [0.15, 0.2) is 0 Å². The molecule has 1 heterocycles. The van der Waals surface area contributed by atoms with Gasteiger partial charge in [0.25, 0.3) is 0 Å². The molecule has 0 amide bonds. The summed E-state index contributed by atoms with van der Waals surface area (Å²) in [5, 5.41) is 9.56. The van der Waals surface area contributed by atoms with Gasteiger partial charge in [-0.3, -0.25) is 4.79 Å². The summed E-state index contributed by atoms with van der Waals surface area (Å²) < 4.78 is 1.99. The molecule has 0 radical (unpaired) electrons. The maximum atomic E-state index is 11.6. The van der Waals surface area contributed by atoms with Crippen LogP contribution in [0.25, 0.3) is 11.0 Å². The molecule has 2 aromatic rings. The maximum Gasteiger partial charge on any atom is 0.314 e. The average molecular weight is 244 g/mol. The molecule has 1 aromatic heterocycles. The van der Waals surface area contributed by atoms with E-state index in [0.717, 1.165) is 41.7 Å². The highest BCUT2D eigenvalue weighted by Crippen LogP contribution is 2.46. The Morgan fingerprint density at radius 2 is 2.17 bits per heavy atom. The molecule has 1 aromatic carbocycles. The number of hydrogen-bond acceptors (Lipinski definition) is 2. The van der Waals surface area contributed by atoms with Crippen molar-refractivity contribution in [1.82, 2.24) is 9.55 Å². The minimum atomic E-state index is -0.708. The number of fused-ring (bicyclic) bond motifs is 1. The van der Waals surface area contributed by atoms with Crippen molar-refractivity contribution in [1.29, 1.82) is 0 Å². The third-order valence-corrected chi connectivity index (χ3v) is 4.25. The zero-order valence-electron chi connectivity index (χ0n) is 10.6. The third kappa shape index (κ3) is 1.26. The van der Waals surface area contributed by atoms with Gasteiger partial charge in [0.1, 0.15) is 5.82 Å². The van der Waals surface area contributed by atoms with Gasteiger partial charge in [-0.2, -0.15) is 0 Å². The zero-order valence-corrected chi connectivity index (χ0v) is 10.6. The van der Waals surface area contributed by atoms with Gasteiger partial charge in [0.2, 0.25) is 0 Å². The predicted octanol–water partition coefficient (Wildman–Crippen LogP) is 2.39. The lowest BCUT2D eigenvalue weighted by atomic mass is 9.64. The van der Waals surface area contributed by atoms with Gasteiger partial charge in [0, 0.05) is 7.05 Å². The van der Waals surface area contributed by atoms with Crippen molar-refractivity contribution in [3.63, 3.8) is 0 Å². The van der Waals surface area contributed by atoms with Crippen LogP contribution >= 0.6 is 0 Å². The molecule has 1 N–H and O–H groups in total. The normalized spacial score (nSPS) is 17.7. The Kier molecular flexibility index (Phi) is 2.24. The van der Waals surface area contributed by atoms with Gasteiger partial charge < -0.3 is 9.67 Å². The molecule has 0 spiro atoms. The van der Waals surface area contributed by atoms with E-state index < -0.39 is 11.4 Å². The van der Waals surface area contributed by atoms with Crippen LogP contribution in [-0.4, -0.2) is 20.6 Å². The van der Waals surface area contributed by atoms with Gasteiger partial charge in [-0.25, -0.2) is 4.98 Å². The Labute approximate surface area is 105 Å². The molecule has 1 aliphatic rings. The first kappa shape index (κ1) is 11.3. The lowest BCUT2D eigenvalue weighted by molar-refractivity contribution is -0.147. The van der Waals surface area contributed by atoms with E-state index in [0.29, 0.717) is 0 Å². The summed E-state index contributed by atoms with van der Waals surface area (Å²) in [5.41, 5.74) is 2.08. The Morgan fingerprint density at radius 1 is 1.44 bits per heavy atom. The highest BCUT2D eigenvalue weighted by Gasteiger charge is 2.47. The molecule has 94 valence electrons. The molecular formula is C14H16N2O2. The molecule has 4 heteroatoms. The minimum absolute atomic E-state index is 0.695. The predicted molar refractivity (Wildman–Crippen MR) is 68.6 cm³/mol. The van der Waals surface area contributed by atoms with Gasteiger partial charge in [0.05, 0.1) is 16.4 Å². The number of para-hydroxylation sites is 1. The molecule has 3 rings (SSSR count). The largest absolute Gasteiger partial charge is 0.481 e. The number of carbonyl (C=O) groups is 1. The smallest absolute Gasteiger partial charge is 0.314 e. The molecule has 0 saturated heterocycles. The Hall–Kier alpha value is -1.84. The highest BCUT2D eigenvalue weighted by atomic mass is 16.4. The fraction of sp³-hybridized carbons (Fsp3) is 0.429. The van der Waals surface area contributed by atoms with Crippen LogP contribution in [0.5, 0.6) is 0 Å². The van der Waals surface area contributed by atoms with Crippen LogP contribution in [0.3, 0.4) is 0 Å². The van der Waals surface area contributed by atoms with Crippen molar-refractivity contribution in [3.8, 4) is 0 Å². The first-order chi connectivity index (χ1) is 8.56. The van der Waals surface area contributed by atoms with E-state index in [9.17, 15) is 9.90 Å². The second kappa shape index (κ2) is 3.57. The van der Waals surface area contributed by atoms with Crippen LogP contribution in [0.15, 0.2) is 18.2 Å². The number of aryl methyl sites for hydroxylation is 2. The number of carboxylic acids is 1. The number of carboxylic acid groups (broad SMARTS) is 1. The highest BCUT2D eigenvalue weighted by molar-refractivity contribution is 5.91. The fourth-order valence-electron chi connectivity index (χ4n) is 2.90. The van der Waals surface area contributed by atoms with Crippen LogP contribution < -0.4 is 0 Å². The van der Waals surface area contributed by atoms with Crippen molar-refractivity contribution in [2.24, 2.45) is 7.05 Å². The molecule has 0 atom stereocenters. The van der Waals surface area contributed by atoms with Crippen LogP contribution in [0.1, 0.15) is 30.7 Å². The van der Waals surface area contributed by atoms with Crippen molar-refractivity contribution in [3.05, 3.63) is 29.6 Å². The van der Waals surface area contributed by atoms with Crippen LogP contribution in [-0.2, 0) is 17.3 Å². The van der Waals surface area contributed by atoms with E-state index in [4.69, 9.17) is 0 Å². The first-order valence-electron chi connectivity index (χ1n) is 6.22. The summed E-state index contributed by atoms with van der Waals surface area (Å²) in [6.07, 6.45) is 2.44. The third-order valence-electron chi connectivity index (χ3n) is 4.25. The first-order valence-corrected chi connectivity index (χ1v) is 6.22. The van der Waals surface area contributed by atoms with E-state index in [1.54, 1.807) is 0 Å². The summed E-state index contributed by atoms with van der Waals surface area (Å²) in [7, 11) is 1.95. The van der Waals surface area contributed by atoms with Crippen molar-refractivity contribution in [2.45, 2.75) is 31.6 Å². The minimum Gasteiger partial charge on any atom is -0.481 e. The molecule has 1 aliphatic carbocycles. The SMILES string of the molecule is Cc1nc2cccc(C3(C(=O)O)CCC3)c2n1C. The lowest BCUT2D eigenvalue weighted by Gasteiger charge is -2.38. The Morgan fingerprint density at radius 3 is 2.72 bits per heavy atom. The summed E-state index contributed by atoms with van der Waals surface area (Å²) in [6.45, 7) is 1.94.